The second kappa shape index (κ2) is 18.1. The molecule has 0 atom stereocenters. The predicted octanol–water partition coefficient (Wildman–Crippen LogP) is 11.7. The minimum absolute atomic E-state index is 0. The molecule has 1 N–H and O–H groups in total. The Morgan fingerprint density at radius 2 is 1.57 bits per heavy atom. The van der Waals surface area contributed by atoms with Gasteiger partial charge in [0.1, 0.15) is 23.2 Å². The third-order valence-corrected chi connectivity index (χ3v) is 10.4. The zero-order valence-corrected chi connectivity index (χ0v) is 34.1. The topological polar surface area (TPSA) is 89.1 Å². The van der Waals surface area contributed by atoms with Crippen LogP contribution in [-0.4, -0.2) is 25.8 Å². The van der Waals surface area contributed by atoms with Crippen molar-refractivity contribution in [1.29, 1.82) is 0 Å². The summed E-state index contributed by atoms with van der Waals surface area (Å²) in [6, 6.07) is 26.8. The number of aliphatic hydroxyl groups excluding tert-OH is 1. The Morgan fingerprint density at radius 3 is 2.26 bits per heavy atom. The average molecular weight is 885 g/mol. The summed E-state index contributed by atoms with van der Waals surface area (Å²) in [6.45, 7) is 12.6. The number of rotatable bonds is 11. The standard InChI is InChI=1S/C33H26N3O.C13H24O2.Ir/c1-20(2)16-23-14-15-34-31-26(23)12-13-28-29(31)32-33(37-28)30(35-19-36-32)24-17-22-10-6-7-11-25(22)27(18-24)21-8-4-3-5-9-21;1-5-10(6-2)12(14)9-13(15)11(7-3)8-4;/h3-11,14-15,18-20H,12-13,16H2,1-2H3;9-11,14H,5-8H2,1-4H3;/q-1;;/b;12-9-;. The van der Waals surface area contributed by atoms with E-state index in [0.717, 1.165) is 101 Å². The van der Waals surface area contributed by atoms with Gasteiger partial charge in [0.25, 0.3) is 0 Å². The SMILES string of the molecule is CC(C)Cc1ccnc2c1CCc1oc3c(-c4[c-]c5ccccc5c(-c5ccccc5)c4)ncnc3c1-2.CCC(CC)C(=O)/C=C(\O)C(CC)CC.[Ir]. The van der Waals surface area contributed by atoms with Crippen LogP contribution in [0.15, 0.2) is 95.5 Å². The molecule has 277 valence electrons. The van der Waals surface area contributed by atoms with E-state index in [-0.39, 0.29) is 43.5 Å². The zero-order chi connectivity index (χ0) is 36.8. The third-order valence-electron chi connectivity index (χ3n) is 10.4. The first-order valence-corrected chi connectivity index (χ1v) is 19.0. The van der Waals surface area contributed by atoms with Gasteiger partial charge < -0.3 is 9.52 Å². The van der Waals surface area contributed by atoms with Crippen molar-refractivity contribution in [2.45, 2.75) is 86.5 Å². The molecule has 3 heterocycles. The Bertz CT molecular complexity index is 2200. The van der Waals surface area contributed by atoms with Crippen LogP contribution in [0.4, 0.5) is 0 Å². The summed E-state index contributed by atoms with van der Waals surface area (Å²) in [6.07, 6.45) is 11.3. The maximum Gasteiger partial charge on any atom is 0.162 e. The molecule has 6 nitrogen and oxygen atoms in total. The van der Waals surface area contributed by atoms with E-state index in [1.807, 2.05) is 40.0 Å². The zero-order valence-electron chi connectivity index (χ0n) is 31.7. The molecule has 3 aromatic carbocycles. The number of carbonyl (C=O) groups is 1. The van der Waals surface area contributed by atoms with E-state index in [9.17, 15) is 9.90 Å². The van der Waals surface area contributed by atoms with Gasteiger partial charge in [0.05, 0.1) is 22.7 Å². The molecule has 3 aromatic heterocycles. The van der Waals surface area contributed by atoms with E-state index >= 15 is 0 Å². The monoisotopic (exact) mass is 885 g/mol. The molecule has 1 radical (unpaired) electrons. The number of allylic oxidation sites excluding steroid dienone is 2. The molecule has 0 fully saturated rings. The number of aryl methyl sites for hydroxylation is 1. The number of carbonyl (C=O) groups excluding carboxylic acids is 1. The first kappa shape index (κ1) is 39.8. The summed E-state index contributed by atoms with van der Waals surface area (Å²) in [4.78, 5) is 26.0. The van der Waals surface area contributed by atoms with Gasteiger partial charge >= 0.3 is 0 Å². The summed E-state index contributed by atoms with van der Waals surface area (Å²) >= 11 is 0. The Hall–Kier alpha value is -4.45. The molecule has 0 saturated carbocycles. The molecule has 0 saturated heterocycles. The van der Waals surface area contributed by atoms with E-state index in [4.69, 9.17) is 19.4 Å². The number of nitrogens with zero attached hydrogens (tertiary/aromatic N) is 3. The Labute approximate surface area is 327 Å². The van der Waals surface area contributed by atoms with Gasteiger partial charge in [0.15, 0.2) is 5.78 Å². The van der Waals surface area contributed by atoms with Crippen molar-refractivity contribution in [2.75, 3.05) is 0 Å². The fourth-order valence-corrected chi connectivity index (χ4v) is 7.46. The van der Waals surface area contributed by atoms with Crippen molar-refractivity contribution in [1.82, 2.24) is 15.0 Å². The number of furan rings is 1. The van der Waals surface area contributed by atoms with Crippen LogP contribution in [0.2, 0.25) is 0 Å². The van der Waals surface area contributed by atoms with E-state index in [2.05, 4.69) is 80.6 Å². The van der Waals surface area contributed by atoms with Crippen LogP contribution in [0.3, 0.4) is 0 Å². The molecular formula is C46H50IrN3O3-. The number of hydrogen-bond donors (Lipinski definition) is 1. The van der Waals surface area contributed by atoms with Crippen molar-refractivity contribution in [3.63, 3.8) is 0 Å². The van der Waals surface area contributed by atoms with Crippen LogP contribution in [0.5, 0.6) is 0 Å². The molecule has 0 spiro atoms. The minimum Gasteiger partial charge on any atom is -0.512 e. The normalized spacial score (nSPS) is 12.4. The predicted molar refractivity (Wildman–Crippen MR) is 212 cm³/mol. The molecule has 1 aliphatic rings. The van der Waals surface area contributed by atoms with Gasteiger partial charge in [0, 0.05) is 50.6 Å². The third kappa shape index (κ3) is 8.53. The minimum atomic E-state index is 0. The summed E-state index contributed by atoms with van der Waals surface area (Å²) < 4.78 is 6.53. The number of aliphatic hydroxyl groups is 1. The van der Waals surface area contributed by atoms with Gasteiger partial charge in [-0.3, -0.25) is 14.8 Å². The van der Waals surface area contributed by atoms with Gasteiger partial charge in [0.2, 0.25) is 0 Å². The number of benzene rings is 3. The first-order valence-electron chi connectivity index (χ1n) is 19.0. The van der Waals surface area contributed by atoms with Crippen LogP contribution < -0.4 is 0 Å². The molecule has 7 rings (SSSR count). The molecule has 1 aliphatic carbocycles. The first-order chi connectivity index (χ1) is 25.3. The van der Waals surface area contributed by atoms with Crippen molar-refractivity contribution in [3.05, 3.63) is 114 Å². The summed E-state index contributed by atoms with van der Waals surface area (Å²) in [7, 11) is 0. The van der Waals surface area contributed by atoms with Crippen LogP contribution >= 0.6 is 0 Å². The van der Waals surface area contributed by atoms with Crippen molar-refractivity contribution in [3.8, 4) is 33.6 Å². The van der Waals surface area contributed by atoms with E-state index in [1.165, 1.54) is 17.2 Å². The summed E-state index contributed by atoms with van der Waals surface area (Å²) in [5, 5.41) is 12.0. The fourth-order valence-electron chi connectivity index (χ4n) is 7.46. The average Bonchev–Trinajstić information content (AvgIpc) is 3.55. The molecule has 0 amide bonds. The van der Waals surface area contributed by atoms with Gasteiger partial charge in [-0.15, -0.1) is 23.6 Å². The molecule has 7 heteroatoms. The van der Waals surface area contributed by atoms with Crippen LogP contribution in [0.25, 0.3) is 55.5 Å². The van der Waals surface area contributed by atoms with Crippen LogP contribution in [-0.2, 0) is 44.2 Å². The maximum absolute atomic E-state index is 11.7. The molecule has 0 aliphatic heterocycles. The second-order valence-corrected chi connectivity index (χ2v) is 14.2. The smallest absolute Gasteiger partial charge is 0.162 e. The molecule has 6 aromatic rings. The maximum atomic E-state index is 11.7. The number of fused-ring (bicyclic) bond motifs is 6. The van der Waals surface area contributed by atoms with Gasteiger partial charge in [-0.25, -0.2) is 4.98 Å². The van der Waals surface area contributed by atoms with E-state index in [0.29, 0.717) is 11.5 Å². The number of hydrogen-bond acceptors (Lipinski definition) is 6. The van der Waals surface area contributed by atoms with Crippen LogP contribution in [0, 0.1) is 23.8 Å². The molecule has 0 unspecified atom stereocenters. The Balaban J connectivity index is 0.000000290. The Kier molecular flexibility index (Phi) is 13.5. The van der Waals surface area contributed by atoms with E-state index < -0.39 is 0 Å². The van der Waals surface area contributed by atoms with Gasteiger partial charge in [-0.05, 0) is 67.2 Å². The molecule has 53 heavy (non-hydrogen) atoms. The number of ketones is 1. The van der Waals surface area contributed by atoms with E-state index in [1.54, 1.807) is 6.33 Å². The van der Waals surface area contributed by atoms with Crippen molar-refractivity contribution in [2.24, 2.45) is 17.8 Å². The summed E-state index contributed by atoms with van der Waals surface area (Å²) in [5.41, 5.74) is 10.3. The Morgan fingerprint density at radius 1 is 0.868 bits per heavy atom. The summed E-state index contributed by atoms with van der Waals surface area (Å²) in [5.74, 6) is 2.08. The fraction of sp³-hybridized carbons (Fsp3) is 0.348. The van der Waals surface area contributed by atoms with Gasteiger partial charge in [-0.2, -0.15) is 0 Å². The largest absolute Gasteiger partial charge is 0.512 e. The second-order valence-electron chi connectivity index (χ2n) is 14.2. The van der Waals surface area contributed by atoms with Crippen molar-refractivity contribution < 1.29 is 34.4 Å². The van der Waals surface area contributed by atoms with Crippen molar-refractivity contribution >= 4 is 27.7 Å². The quantitative estimate of drug-likeness (QED) is 0.0792. The molecular weight excluding hydrogens is 835 g/mol. The number of pyridine rings is 1. The number of aromatic nitrogens is 3. The molecule has 0 bridgehead atoms. The van der Waals surface area contributed by atoms with Gasteiger partial charge in [-0.1, -0.05) is 107 Å². The van der Waals surface area contributed by atoms with Crippen LogP contribution in [0.1, 0.15) is 84.1 Å².